The highest BCUT2D eigenvalue weighted by molar-refractivity contribution is 6.18. The first-order valence-electron chi connectivity index (χ1n) is 5.46. The molecule has 2 rings (SSSR count). The first-order valence-corrected chi connectivity index (χ1v) is 6.00. The van der Waals surface area contributed by atoms with Crippen molar-refractivity contribution >= 4 is 28.3 Å². The molecule has 2 aromatic rings. The molecular weight excluding hydrogens is 256 g/mol. The number of esters is 1. The lowest BCUT2D eigenvalue weighted by Gasteiger charge is -2.08. The molecule has 0 bridgehead atoms. The van der Waals surface area contributed by atoms with E-state index < -0.39 is 11.6 Å². The highest BCUT2D eigenvalue weighted by Gasteiger charge is 2.20. The van der Waals surface area contributed by atoms with Gasteiger partial charge in [-0.15, -0.1) is 11.6 Å². The van der Waals surface area contributed by atoms with E-state index in [1.54, 1.807) is 31.2 Å². The molecule has 0 aliphatic heterocycles. The summed E-state index contributed by atoms with van der Waals surface area (Å²) in [5, 5.41) is 0.845. The highest BCUT2D eigenvalue weighted by atomic mass is 35.5. The summed E-state index contributed by atoms with van der Waals surface area (Å²) < 4.78 is 10.0. The molecule has 0 aliphatic carbocycles. The number of ether oxygens (including phenoxy) is 1. The number of fused-ring (bicyclic) bond motifs is 1. The SMILES string of the molecule is CCOC(=O)c1c(CCl)oc(=O)c2ccccc12. The zero-order valence-electron chi connectivity index (χ0n) is 9.73. The van der Waals surface area contributed by atoms with Gasteiger partial charge in [-0.25, -0.2) is 9.59 Å². The Balaban J connectivity index is 2.79. The average Bonchev–Trinajstić information content (AvgIpc) is 2.38. The maximum atomic E-state index is 11.9. The van der Waals surface area contributed by atoms with Crippen LogP contribution in [0.15, 0.2) is 33.5 Å². The van der Waals surface area contributed by atoms with Crippen molar-refractivity contribution in [2.75, 3.05) is 6.61 Å². The van der Waals surface area contributed by atoms with Crippen LogP contribution in [0.1, 0.15) is 23.0 Å². The normalized spacial score (nSPS) is 10.6. The Hall–Kier alpha value is -1.81. The predicted molar refractivity (Wildman–Crippen MR) is 68.0 cm³/mol. The molecule has 1 aromatic heterocycles. The van der Waals surface area contributed by atoms with E-state index in [1.165, 1.54) is 0 Å². The van der Waals surface area contributed by atoms with E-state index in [2.05, 4.69) is 0 Å². The quantitative estimate of drug-likeness (QED) is 0.633. The molecule has 0 unspecified atom stereocenters. The summed E-state index contributed by atoms with van der Waals surface area (Å²) >= 11 is 5.71. The predicted octanol–water partition coefficient (Wildman–Crippen LogP) is 2.71. The molecule has 0 amide bonds. The molecule has 1 heterocycles. The molecule has 4 nitrogen and oxygen atoms in total. The second-order valence-corrected chi connectivity index (χ2v) is 3.85. The Morgan fingerprint density at radius 1 is 1.33 bits per heavy atom. The summed E-state index contributed by atoms with van der Waals surface area (Å²) in [6, 6.07) is 6.72. The molecule has 0 radical (unpaired) electrons. The Morgan fingerprint density at radius 2 is 2.00 bits per heavy atom. The fourth-order valence-electron chi connectivity index (χ4n) is 1.77. The summed E-state index contributed by atoms with van der Waals surface area (Å²) in [6.07, 6.45) is 0. The number of hydrogen-bond acceptors (Lipinski definition) is 4. The van der Waals surface area contributed by atoms with Crippen LogP contribution in [0.4, 0.5) is 0 Å². The molecule has 0 saturated carbocycles. The maximum Gasteiger partial charge on any atom is 0.343 e. The molecule has 0 N–H and O–H groups in total. The van der Waals surface area contributed by atoms with Crippen LogP contribution in [0.2, 0.25) is 0 Å². The summed E-state index contributed by atoms with van der Waals surface area (Å²) in [7, 11) is 0. The van der Waals surface area contributed by atoms with Crippen molar-refractivity contribution < 1.29 is 13.9 Å². The minimum atomic E-state index is -0.534. The van der Waals surface area contributed by atoms with E-state index in [0.29, 0.717) is 10.8 Å². The van der Waals surface area contributed by atoms with Crippen LogP contribution in [0.5, 0.6) is 0 Å². The second kappa shape index (κ2) is 5.23. The van der Waals surface area contributed by atoms with Gasteiger partial charge in [-0.3, -0.25) is 0 Å². The minimum absolute atomic E-state index is 0.0613. The van der Waals surface area contributed by atoms with Gasteiger partial charge in [0.15, 0.2) is 0 Å². The molecule has 18 heavy (non-hydrogen) atoms. The zero-order chi connectivity index (χ0) is 13.1. The molecule has 5 heteroatoms. The molecule has 0 fully saturated rings. The standard InChI is InChI=1S/C13H11ClO4/c1-2-17-13(16)11-8-5-3-4-6-9(8)12(15)18-10(11)7-14/h3-6H,2,7H2,1H3. The van der Waals surface area contributed by atoms with Gasteiger partial charge < -0.3 is 9.15 Å². The van der Waals surface area contributed by atoms with Crippen molar-refractivity contribution in [2.24, 2.45) is 0 Å². The third kappa shape index (κ3) is 2.11. The molecule has 0 saturated heterocycles. The fraction of sp³-hybridized carbons (Fsp3) is 0.231. The molecule has 94 valence electrons. The monoisotopic (exact) mass is 266 g/mol. The van der Waals surface area contributed by atoms with Crippen LogP contribution >= 0.6 is 11.6 Å². The number of carbonyl (C=O) groups excluding carboxylic acids is 1. The first-order chi connectivity index (χ1) is 8.69. The number of halogens is 1. The number of rotatable bonds is 3. The summed E-state index contributed by atoms with van der Waals surface area (Å²) in [6.45, 7) is 1.95. The van der Waals surface area contributed by atoms with Gasteiger partial charge in [-0.1, -0.05) is 18.2 Å². The third-order valence-corrected chi connectivity index (χ3v) is 2.75. The van der Waals surface area contributed by atoms with E-state index in [9.17, 15) is 9.59 Å². The molecule has 0 spiro atoms. The molecular formula is C13H11ClO4. The van der Waals surface area contributed by atoms with E-state index in [0.717, 1.165) is 0 Å². The van der Waals surface area contributed by atoms with Gasteiger partial charge in [0, 0.05) is 5.39 Å². The van der Waals surface area contributed by atoms with Gasteiger partial charge in [0.2, 0.25) is 0 Å². The van der Waals surface area contributed by atoms with Gasteiger partial charge in [0.1, 0.15) is 11.3 Å². The van der Waals surface area contributed by atoms with Crippen molar-refractivity contribution in [3.05, 3.63) is 46.0 Å². The van der Waals surface area contributed by atoms with Gasteiger partial charge >= 0.3 is 11.6 Å². The summed E-state index contributed by atoms with van der Waals surface area (Å²) in [5.41, 5.74) is -0.281. The number of alkyl halides is 1. The van der Waals surface area contributed by atoms with Crippen LogP contribution in [-0.4, -0.2) is 12.6 Å². The van der Waals surface area contributed by atoms with Crippen LogP contribution in [0.25, 0.3) is 10.8 Å². The van der Waals surface area contributed by atoms with Gasteiger partial charge in [-0.05, 0) is 13.0 Å². The number of benzene rings is 1. The first kappa shape index (κ1) is 12.6. The lowest BCUT2D eigenvalue weighted by atomic mass is 10.1. The fourth-order valence-corrected chi connectivity index (χ4v) is 1.96. The topological polar surface area (TPSA) is 56.5 Å². The highest BCUT2D eigenvalue weighted by Crippen LogP contribution is 2.21. The Labute approximate surface area is 108 Å². The summed E-state index contributed by atoms with van der Waals surface area (Å²) in [5.74, 6) is -0.458. The van der Waals surface area contributed by atoms with Gasteiger partial charge in [-0.2, -0.15) is 0 Å². The number of hydrogen-bond donors (Lipinski definition) is 0. The van der Waals surface area contributed by atoms with Crippen LogP contribution < -0.4 is 5.63 Å². The van der Waals surface area contributed by atoms with Crippen LogP contribution in [0.3, 0.4) is 0 Å². The van der Waals surface area contributed by atoms with Crippen molar-refractivity contribution in [1.29, 1.82) is 0 Å². The van der Waals surface area contributed by atoms with E-state index in [1.807, 2.05) is 0 Å². The Morgan fingerprint density at radius 3 is 2.61 bits per heavy atom. The third-order valence-electron chi connectivity index (χ3n) is 2.51. The van der Waals surface area contributed by atoms with Crippen molar-refractivity contribution in [1.82, 2.24) is 0 Å². The Kier molecular flexibility index (Phi) is 3.67. The molecule has 0 atom stereocenters. The Bertz CT molecular complexity index is 645. The number of carbonyl (C=O) groups is 1. The maximum absolute atomic E-state index is 11.9. The van der Waals surface area contributed by atoms with Gasteiger partial charge in [0.25, 0.3) is 0 Å². The summed E-state index contributed by atoms with van der Waals surface area (Å²) in [4.78, 5) is 23.6. The van der Waals surface area contributed by atoms with E-state index in [-0.39, 0.29) is 23.8 Å². The van der Waals surface area contributed by atoms with E-state index in [4.69, 9.17) is 20.8 Å². The minimum Gasteiger partial charge on any atom is -0.462 e. The van der Waals surface area contributed by atoms with Crippen molar-refractivity contribution in [3.8, 4) is 0 Å². The van der Waals surface area contributed by atoms with E-state index >= 15 is 0 Å². The van der Waals surface area contributed by atoms with Crippen LogP contribution in [-0.2, 0) is 10.6 Å². The lowest BCUT2D eigenvalue weighted by Crippen LogP contribution is -2.13. The molecule has 1 aromatic carbocycles. The van der Waals surface area contributed by atoms with Crippen molar-refractivity contribution in [2.45, 2.75) is 12.8 Å². The largest absolute Gasteiger partial charge is 0.462 e. The van der Waals surface area contributed by atoms with Crippen LogP contribution in [0, 0.1) is 0 Å². The smallest absolute Gasteiger partial charge is 0.343 e. The molecule has 0 aliphatic rings. The lowest BCUT2D eigenvalue weighted by molar-refractivity contribution is 0.0524. The zero-order valence-corrected chi connectivity index (χ0v) is 10.5. The average molecular weight is 267 g/mol. The second-order valence-electron chi connectivity index (χ2n) is 3.59. The van der Waals surface area contributed by atoms with Gasteiger partial charge in [0.05, 0.1) is 17.9 Å². The van der Waals surface area contributed by atoms with Crippen molar-refractivity contribution in [3.63, 3.8) is 0 Å².